The highest BCUT2D eigenvalue weighted by Crippen LogP contribution is 2.22. The van der Waals surface area contributed by atoms with E-state index in [1.807, 2.05) is 20.8 Å². The van der Waals surface area contributed by atoms with Gasteiger partial charge >= 0.3 is 0 Å². The van der Waals surface area contributed by atoms with E-state index in [9.17, 15) is 9.18 Å². The molecule has 0 atom stereocenters. The Balaban J connectivity index is 2.22. The van der Waals surface area contributed by atoms with E-state index in [1.54, 1.807) is 12.1 Å². The molecule has 128 valence electrons. The first-order valence-electron chi connectivity index (χ1n) is 7.49. The summed E-state index contributed by atoms with van der Waals surface area (Å²) in [7, 11) is 1.47. The molecular formula is C17H21FN4O2. The summed E-state index contributed by atoms with van der Waals surface area (Å²) in [6, 6.07) is 4.57. The lowest BCUT2D eigenvalue weighted by Crippen LogP contribution is -2.33. The van der Waals surface area contributed by atoms with E-state index in [4.69, 9.17) is 4.74 Å². The van der Waals surface area contributed by atoms with Gasteiger partial charge in [0.1, 0.15) is 17.4 Å². The molecular weight excluding hydrogens is 311 g/mol. The topological polar surface area (TPSA) is 76.1 Å². The highest BCUT2D eigenvalue weighted by molar-refractivity contribution is 5.95. The summed E-state index contributed by atoms with van der Waals surface area (Å²) in [5.41, 5.74) is 0.552. The number of carbonyl (C=O) groups is 1. The van der Waals surface area contributed by atoms with Crippen LogP contribution in [-0.4, -0.2) is 29.5 Å². The monoisotopic (exact) mass is 332 g/mol. The summed E-state index contributed by atoms with van der Waals surface area (Å²) in [4.78, 5) is 20.4. The zero-order valence-electron chi connectivity index (χ0n) is 14.2. The number of halogens is 1. The quantitative estimate of drug-likeness (QED) is 0.880. The molecule has 6 nitrogen and oxygen atoms in total. The van der Waals surface area contributed by atoms with Crippen LogP contribution in [0.3, 0.4) is 0 Å². The second kappa shape index (κ2) is 7.25. The number of hydrogen-bond donors (Lipinski definition) is 2. The number of aromatic nitrogens is 2. The number of nitrogens with one attached hydrogen (secondary N) is 2. The third-order valence-corrected chi connectivity index (χ3v) is 3.05. The van der Waals surface area contributed by atoms with Gasteiger partial charge in [0.2, 0.25) is 0 Å². The lowest BCUT2D eigenvalue weighted by Gasteiger charge is -2.19. The number of carbonyl (C=O) groups excluding carboxylic acids is 1. The van der Waals surface area contributed by atoms with Crippen LogP contribution in [0.25, 0.3) is 0 Å². The maximum absolute atomic E-state index is 13.2. The van der Waals surface area contributed by atoms with Crippen molar-refractivity contribution in [2.24, 2.45) is 5.41 Å². The third-order valence-electron chi connectivity index (χ3n) is 3.05. The first-order valence-corrected chi connectivity index (χ1v) is 7.49. The van der Waals surface area contributed by atoms with E-state index in [-0.39, 0.29) is 17.0 Å². The minimum Gasteiger partial charge on any atom is -0.494 e. The number of rotatable bonds is 5. The molecule has 7 heteroatoms. The zero-order chi connectivity index (χ0) is 17.7. The molecule has 1 amide bonds. The smallest absolute Gasteiger partial charge is 0.273 e. The molecule has 24 heavy (non-hydrogen) atoms. The summed E-state index contributed by atoms with van der Waals surface area (Å²) < 4.78 is 18.4. The van der Waals surface area contributed by atoms with Crippen LogP contribution in [0, 0.1) is 11.2 Å². The fraction of sp³-hybridized carbons (Fsp3) is 0.353. The van der Waals surface area contributed by atoms with E-state index < -0.39 is 5.82 Å². The average molecular weight is 332 g/mol. The van der Waals surface area contributed by atoms with Gasteiger partial charge in [-0.3, -0.25) is 9.78 Å². The van der Waals surface area contributed by atoms with Crippen LogP contribution in [0.4, 0.5) is 15.9 Å². The Kier molecular flexibility index (Phi) is 5.33. The second-order valence-electron chi connectivity index (χ2n) is 6.51. The van der Waals surface area contributed by atoms with Gasteiger partial charge in [0.15, 0.2) is 5.69 Å². The summed E-state index contributed by atoms with van der Waals surface area (Å²) in [6.45, 7) is 6.56. The lowest BCUT2D eigenvalue weighted by molar-refractivity contribution is 0.0931. The Morgan fingerprint density at radius 1 is 1.29 bits per heavy atom. The van der Waals surface area contributed by atoms with Crippen molar-refractivity contribution in [1.29, 1.82) is 0 Å². The number of nitrogens with zero attached hydrogens (tertiary/aromatic N) is 2. The van der Waals surface area contributed by atoms with Gasteiger partial charge in [0.05, 0.1) is 25.2 Å². The second-order valence-corrected chi connectivity index (χ2v) is 6.51. The fourth-order valence-corrected chi connectivity index (χ4v) is 1.90. The minimum atomic E-state index is -0.461. The SMILES string of the molecule is COc1ccc(Nc2cncc(F)c2)nc1C(=O)NCC(C)(C)C. The van der Waals surface area contributed by atoms with Gasteiger partial charge in [-0.2, -0.15) is 0 Å². The molecule has 2 heterocycles. The molecule has 0 unspecified atom stereocenters. The third kappa shape index (κ3) is 4.91. The molecule has 0 aromatic carbocycles. The Labute approximate surface area is 140 Å². The molecule has 2 rings (SSSR count). The van der Waals surface area contributed by atoms with Crippen LogP contribution in [-0.2, 0) is 0 Å². The molecule has 0 saturated heterocycles. The Hall–Kier alpha value is -2.70. The Morgan fingerprint density at radius 2 is 2.04 bits per heavy atom. The van der Waals surface area contributed by atoms with Gasteiger partial charge in [0.25, 0.3) is 5.91 Å². The first kappa shape index (κ1) is 17.7. The highest BCUT2D eigenvalue weighted by Gasteiger charge is 2.18. The standard InChI is InChI=1S/C17H21FN4O2/c1-17(2,3)10-20-16(23)15-13(24-4)5-6-14(22-15)21-12-7-11(18)8-19-9-12/h5-9H,10H2,1-4H3,(H,20,23)(H,21,22). The first-order chi connectivity index (χ1) is 11.3. The van der Waals surface area contributed by atoms with Gasteiger partial charge in [-0.25, -0.2) is 9.37 Å². The van der Waals surface area contributed by atoms with Crippen molar-refractivity contribution >= 4 is 17.4 Å². The molecule has 0 fully saturated rings. The summed E-state index contributed by atoms with van der Waals surface area (Å²) >= 11 is 0. The molecule has 0 spiro atoms. The van der Waals surface area contributed by atoms with Crippen LogP contribution in [0.1, 0.15) is 31.3 Å². The van der Waals surface area contributed by atoms with Gasteiger partial charge in [-0.1, -0.05) is 20.8 Å². The average Bonchev–Trinajstić information content (AvgIpc) is 2.52. The Morgan fingerprint density at radius 3 is 2.67 bits per heavy atom. The van der Waals surface area contributed by atoms with Crippen molar-refractivity contribution in [1.82, 2.24) is 15.3 Å². The predicted molar refractivity (Wildman–Crippen MR) is 90.1 cm³/mol. The van der Waals surface area contributed by atoms with Crippen LogP contribution in [0.15, 0.2) is 30.6 Å². The molecule has 2 aromatic heterocycles. The van der Waals surface area contributed by atoms with Crippen LogP contribution >= 0.6 is 0 Å². The van der Waals surface area contributed by atoms with E-state index >= 15 is 0 Å². The molecule has 2 aromatic rings. The number of amides is 1. The zero-order valence-corrected chi connectivity index (χ0v) is 14.2. The van der Waals surface area contributed by atoms with Crippen molar-refractivity contribution < 1.29 is 13.9 Å². The number of hydrogen-bond acceptors (Lipinski definition) is 5. The lowest BCUT2D eigenvalue weighted by atomic mass is 9.97. The van der Waals surface area contributed by atoms with Crippen molar-refractivity contribution in [2.45, 2.75) is 20.8 Å². The van der Waals surface area contributed by atoms with Gasteiger partial charge in [-0.05, 0) is 17.5 Å². The molecule has 0 aliphatic rings. The maximum atomic E-state index is 13.2. The van der Waals surface area contributed by atoms with Crippen molar-refractivity contribution in [3.05, 3.63) is 42.1 Å². The summed E-state index contributed by atoms with van der Waals surface area (Å²) in [5.74, 6) is -0.0344. The van der Waals surface area contributed by atoms with Gasteiger partial charge < -0.3 is 15.4 Å². The normalized spacial score (nSPS) is 11.0. The van der Waals surface area contributed by atoms with Gasteiger partial charge in [0, 0.05) is 12.6 Å². The van der Waals surface area contributed by atoms with Crippen LogP contribution in [0.5, 0.6) is 5.75 Å². The molecule has 0 bridgehead atoms. The predicted octanol–water partition coefficient (Wildman–Crippen LogP) is 3.14. The molecule has 2 N–H and O–H groups in total. The summed E-state index contributed by atoms with van der Waals surface area (Å²) in [5, 5.41) is 5.75. The number of pyridine rings is 2. The molecule has 0 aliphatic heterocycles. The largest absolute Gasteiger partial charge is 0.494 e. The minimum absolute atomic E-state index is 0.0496. The van der Waals surface area contributed by atoms with E-state index in [1.165, 1.54) is 19.4 Å². The molecule has 0 aliphatic carbocycles. The number of methoxy groups -OCH3 is 1. The summed E-state index contributed by atoms with van der Waals surface area (Å²) in [6.07, 6.45) is 2.58. The van der Waals surface area contributed by atoms with Gasteiger partial charge in [-0.15, -0.1) is 0 Å². The Bertz CT molecular complexity index is 729. The maximum Gasteiger partial charge on any atom is 0.273 e. The van der Waals surface area contributed by atoms with Crippen LogP contribution in [0.2, 0.25) is 0 Å². The van der Waals surface area contributed by atoms with Crippen LogP contribution < -0.4 is 15.4 Å². The number of ether oxygens (including phenoxy) is 1. The molecule has 0 radical (unpaired) electrons. The van der Waals surface area contributed by atoms with Crippen molar-refractivity contribution in [3.63, 3.8) is 0 Å². The highest BCUT2D eigenvalue weighted by atomic mass is 19.1. The van der Waals surface area contributed by atoms with E-state index in [0.717, 1.165) is 6.20 Å². The van der Waals surface area contributed by atoms with Crippen molar-refractivity contribution in [3.8, 4) is 5.75 Å². The van der Waals surface area contributed by atoms with E-state index in [2.05, 4.69) is 20.6 Å². The van der Waals surface area contributed by atoms with E-state index in [0.29, 0.717) is 23.8 Å². The van der Waals surface area contributed by atoms with Crippen molar-refractivity contribution in [2.75, 3.05) is 19.0 Å². The number of anilines is 2. The molecule has 0 saturated carbocycles. The fourth-order valence-electron chi connectivity index (χ4n) is 1.90.